The fraction of sp³-hybridized carbons (Fsp3) is 0.120. The molecule has 0 bridgehead atoms. The Morgan fingerprint density at radius 1 is 0.968 bits per heavy atom. The van der Waals surface area contributed by atoms with Crippen LogP contribution < -0.4 is 10.9 Å². The molecular formula is C25H22FN3O2. The normalized spacial score (nSPS) is 10.8. The minimum Gasteiger partial charge on any atom is -0.321 e. The highest BCUT2D eigenvalue weighted by Crippen LogP contribution is 2.17. The number of pyridine rings is 1. The number of urea groups is 1. The number of carbonyl (C=O) groups is 1. The van der Waals surface area contributed by atoms with Crippen LogP contribution >= 0.6 is 0 Å². The maximum absolute atomic E-state index is 13.3. The summed E-state index contributed by atoms with van der Waals surface area (Å²) in [5.74, 6) is -0.342. The van der Waals surface area contributed by atoms with E-state index in [-0.39, 0.29) is 30.5 Å². The predicted octanol–water partition coefficient (Wildman–Crippen LogP) is 5.21. The lowest BCUT2D eigenvalue weighted by molar-refractivity contribution is 0.206. The third kappa shape index (κ3) is 4.80. The Morgan fingerprint density at radius 2 is 1.71 bits per heavy atom. The van der Waals surface area contributed by atoms with Crippen molar-refractivity contribution < 1.29 is 9.18 Å². The first kappa shape index (κ1) is 20.3. The van der Waals surface area contributed by atoms with Crippen molar-refractivity contribution in [3.63, 3.8) is 0 Å². The van der Waals surface area contributed by atoms with Gasteiger partial charge in [-0.25, -0.2) is 9.18 Å². The number of hydrogen-bond acceptors (Lipinski definition) is 2. The van der Waals surface area contributed by atoms with Gasteiger partial charge in [-0.2, -0.15) is 0 Å². The number of aromatic nitrogens is 1. The first-order valence-corrected chi connectivity index (χ1v) is 9.96. The molecule has 1 aromatic heterocycles. The highest BCUT2D eigenvalue weighted by atomic mass is 19.1. The van der Waals surface area contributed by atoms with E-state index in [0.29, 0.717) is 11.3 Å². The van der Waals surface area contributed by atoms with Gasteiger partial charge in [-0.1, -0.05) is 48.5 Å². The number of halogens is 1. The summed E-state index contributed by atoms with van der Waals surface area (Å²) in [6.45, 7) is 2.27. The molecule has 4 rings (SSSR count). The van der Waals surface area contributed by atoms with Crippen molar-refractivity contribution in [3.8, 4) is 0 Å². The minimum atomic E-state index is -0.348. The van der Waals surface area contributed by atoms with Gasteiger partial charge in [0.05, 0.1) is 12.1 Å². The predicted molar refractivity (Wildman–Crippen MR) is 120 cm³/mol. The number of aromatic amines is 1. The molecular weight excluding hydrogens is 393 g/mol. The van der Waals surface area contributed by atoms with Crippen LogP contribution in [0.1, 0.15) is 16.7 Å². The van der Waals surface area contributed by atoms with Crippen molar-refractivity contribution in [2.24, 2.45) is 0 Å². The minimum absolute atomic E-state index is 0.106. The lowest BCUT2D eigenvalue weighted by atomic mass is 10.1. The number of aryl methyl sites for hydroxylation is 1. The molecule has 0 fully saturated rings. The summed E-state index contributed by atoms with van der Waals surface area (Å²) in [5.41, 5.74) is 3.42. The number of nitrogens with zero attached hydrogens (tertiary/aromatic N) is 1. The summed E-state index contributed by atoms with van der Waals surface area (Å²) in [6.07, 6.45) is 0. The molecule has 0 atom stereocenters. The highest BCUT2D eigenvalue weighted by Gasteiger charge is 2.17. The van der Waals surface area contributed by atoms with E-state index in [1.165, 1.54) is 17.0 Å². The number of amides is 2. The maximum atomic E-state index is 13.3. The molecule has 156 valence electrons. The van der Waals surface area contributed by atoms with Crippen molar-refractivity contribution in [2.75, 3.05) is 5.32 Å². The third-order valence-electron chi connectivity index (χ3n) is 5.13. The van der Waals surface area contributed by atoms with Crippen LogP contribution in [0.15, 0.2) is 83.7 Å². The Balaban J connectivity index is 1.65. The van der Waals surface area contributed by atoms with Gasteiger partial charge in [0.2, 0.25) is 0 Å². The molecule has 2 amide bonds. The first-order valence-electron chi connectivity index (χ1n) is 9.96. The van der Waals surface area contributed by atoms with E-state index >= 15 is 0 Å². The Morgan fingerprint density at radius 3 is 2.45 bits per heavy atom. The van der Waals surface area contributed by atoms with E-state index in [9.17, 15) is 14.0 Å². The van der Waals surface area contributed by atoms with Gasteiger partial charge < -0.3 is 15.2 Å². The van der Waals surface area contributed by atoms with Crippen molar-refractivity contribution in [3.05, 3.63) is 112 Å². The number of anilines is 1. The van der Waals surface area contributed by atoms with Crippen LogP contribution in [0.25, 0.3) is 10.9 Å². The molecule has 1 heterocycles. The number of fused-ring (bicyclic) bond motifs is 1. The van der Waals surface area contributed by atoms with Gasteiger partial charge in [0.1, 0.15) is 5.82 Å². The van der Waals surface area contributed by atoms with E-state index in [1.54, 1.807) is 24.3 Å². The zero-order chi connectivity index (χ0) is 21.8. The zero-order valence-electron chi connectivity index (χ0n) is 17.1. The zero-order valence-corrected chi connectivity index (χ0v) is 17.1. The molecule has 31 heavy (non-hydrogen) atoms. The van der Waals surface area contributed by atoms with Gasteiger partial charge in [0, 0.05) is 17.8 Å². The quantitative estimate of drug-likeness (QED) is 0.470. The summed E-state index contributed by atoms with van der Waals surface area (Å²) in [4.78, 5) is 30.2. The molecule has 3 aromatic carbocycles. The Labute approximate surface area is 179 Å². The topological polar surface area (TPSA) is 65.2 Å². The highest BCUT2D eigenvalue weighted by molar-refractivity contribution is 5.89. The fourth-order valence-electron chi connectivity index (χ4n) is 3.49. The summed E-state index contributed by atoms with van der Waals surface area (Å²) < 4.78 is 13.3. The molecule has 0 unspecified atom stereocenters. The standard InChI is InChI=1S/C25H22FN3O2/c1-17-6-5-7-19-14-20(24(30)28-23(17)19)16-29(15-18-10-12-21(26)13-11-18)25(31)27-22-8-3-2-4-9-22/h2-14H,15-16H2,1H3,(H,27,31)(H,28,30). The second kappa shape index (κ2) is 8.83. The average molecular weight is 415 g/mol. The molecule has 0 aliphatic carbocycles. The monoisotopic (exact) mass is 415 g/mol. The summed E-state index contributed by atoms with van der Waals surface area (Å²) in [5, 5.41) is 3.76. The molecule has 0 spiro atoms. The molecule has 0 saturated heterocycles. The van der Waals surface area contributed by atoms with Gasteiger partial charge in [0.15, 0.2) is 0 Å². The Kier molecular flexibility index (Phi) is 5.80. The molecule has 5 nitrogen and oxygen atoms in total. The second-order valence-electron chi connectivity index (χ2n) is 7.44. The van der Waals surface area contributed by atoms with E-state index in [1.807, 2.05) is 49.4 Å². The molecule has 6 heteroatoms. The van der Waals surface area contributed by atoms with E-state index in [2.05, 4.69) is 10.3 Å². The van der Waals surface area contributed by atoms with Crippen LogP contribution in [0.3, 0.4) is 0 Å². The summed E-state index contributed by atoms with van der Waals surface area (Å²) in [7, 11) is 0. The average Bonchev–Trinajstić information content (AvgIpc) is 2.76. The number of nitrogens with one attached hydrogen (secondary N) is 2. The number of H-pyrrole nitrogens is 1. The van der Waals surface area contributed by atoms with Crippen LogP contribution in [0.5, 0.6) is 0 Å². The molecule has 2 N–H and O–H groups in total. The van der Waals surface area contributed by atoms with Gasteiger partial charge in [0.25, 0.3) is 5.56 Å². The fourth-order valence-corrected chi connectivity index (χ4v) is 3.49. The lowest BCUT2D eigenvalue weighted by Crippen LogP contribution is -2.35. The molecule has 4 aromatic rings. The summed E-state index contributed by atoms with van der Waals surface area (Å²) in [6, 6.07) is 22.3. The van der Waals surface area contributed by atoms with Crippen LogP contribution in [0.2, 0.25) is 0 Å². The molecule has 0 saturated carbocycles. The van der Waals surface area contributed by atoms with Crippen molar-refractivity contribution in [1.82, 2.24) is 9.88 Å². The lowest BCUT2D eigenvalue weighted by Gasteiger charge is -2.23. The van der Waals surface area contributed by atoms with Crippen molar-refractivity contribution in [2.45, 2.75) is 20.0 Å². The number of rotatable bonds is 5. The van der Waals surface area contributed by atoms with E-state index in [0.717, 1.165) is 22.0 Å². The van der Waals surface area contributed by atoms with E-state index < -0.39 is 0 Å². The number of para-hydroxylation sites is 2. The smallest absolute Gasteiger partial charge is 0.321 e. The Hall–Kier alpha value is -3.93. The number of hydrogen-bond donors (Lipinski definition) is 2. The molecule has 0 aliphatic rings. The SMILES string of the molecule is Cc1cccc2cc(CN(Cc3ccc(F)cc3)C(=O)Nc3ccccc3)c(=O)[nH]c12. The van der Waals surface area contributed by atoms with Crippen molar-refractivity contribution >= 4 is 22.6 Å². The summed E-state index contributed by atoms with van der Waals surface area (Å²) >= 11 is 0. The largest absolute Gasteiger partial charge is 0.322 e. The maximum Gasteiger partial charge on any atom is 0.322 e. The van der Waals surface area contributed by atoms with Gasteiger partial charge in [-0.3, -0.25) is 4.79 Å². The van der Waals surface area contributed by atoms with Gasteiger partial charge in [-0.05, 0) is 53.8 Å². The second-order valence-corrected chi connectivity index (χ2v) is 7.44. The van der Waals surface area contributed by atoms with Gasteiger partial charge in [-0.15, -0.1) is 0 Å². The van der Waals surface area contributed by atoms with Crippen molar-refractivity contribution in [1.29, 1.82) is 0 Å². The van der Waals surface area contributed by atoms with Crippen LogP contribution in [-0.4, -0.2) is 15.9 Å². The molecule has 0 radical (unpaired) electrons. The third-order valence-corrected chi connectivity index (χ3v) is 5.13. The molecule has 0 aliphatic heterocycles. The van der Waals surface area contributed by atoms with E-state index in [4.69, 9.17) is 0 Å². The number of benzene rings is 3. The first-order chi connectivity index (χ1) is 15.0. The van der Waals surface area contributed by atoms with Gasteiger partial charge >= 0.3 is 6.03 Å². The van der Waals surface area contributed by atoms with Crippen LogP contribution in [-0.2, 0) is 13.1 Å². The number of carbonyl (C=O) groups excluding carboxylic acids is 1. The van der Waals surface area contributed by atoms with Crippen LogP contribution in [0.4, 0.5) is 14.9 Å². The Bertz CT molecular complexity index is 1270. The van der Waals surface area contributed by atoms with Crippen LogP contribution in [0, 0.1) is 12.7 Å².